The maximum Gasteiger partial charge on any atom is 0.354 e. The number of hydrogen-bond acceptors (Lipinski definition) is 5. The van der Waals surface area contributed by atoms with Crippen LogP contribution in [0.2, 0.25) is 0 Å². The summed E-state index contributed by atoms with van der Waals surface area (Å²) in [6.45, 7) is 7.01. The number of hydrogen-bond donors (Lipinski definition) is 1. The van der Waals surface area contributed by atoms with E-state index in [0.717, 1.165) is 0 Å². The second-order valence-electron chi connectivity index (χ2n) is 3.96. The van der Waals surface area contributed by atoms with Crippen LogP contribution in [0.1, 0.15) is 16.2 Å². The third kappa shape index (κ3) is 2.80. The highest BCUT2D eigenvalue weighted by molar-refractivity contribution is 6.48. The smallest absolute Gasteiger partial charge is 0.354 e. The maximum atomic E-state index is 10.9. The van der Waals surface area contributed by atoms with Crippen molar-refractivity contribution in [2.45, 2.75) is 0 Å². The van der Waals surface area contributed by atoms with E-state index < -0.39 is 5.97 Å². The van der Waals surface area contributed by atoms with Crippen LogP contribution in [-0.2, 0) is 0 Å². The average Bonchev–Trinajstić information content (AvgIpc) is 2.90. The summed E-state index contributed by atoms with van der Waals surface area (Å²) in [6.07, 6.45) is 1.34. The van der Waals surface area contributed by atoms with Crippen LogP contribution in [0.25, 0.3) is 16.4 Å². The van der Waals surface area contributed by atoms with E-state index in [1.54, 1.807) is 6.07 Å². The lowest BCUT2D eigenvalue weighted by Crippen LogP contribution is -2.01. The van der Waals surface area contributed by atoms with E-state index in [1.807, 2.05) is 0 Å². The molecule has 0 spiro atoms. The standard InChI is InChI=1S/C14H11ClN2O4/c1-7(15)13-9(16-2)4-12(21-13)8-6-17-10(14(18)19)5-11(8)20-3/h4-6H,1-2H2,3H3,(H,18,19). The number of carboxylic acid groups (broad SMARTS) is 1. The van der Waals surface area contributed by atoms with Gasteiger partial charge >= 0.3 is 5.97 Å². The molecule has 0 fully saturated rings. The molecule has 2 heterocycles. The number of carbonyl (C=O) groups is 1. The van der Waals surface area contributed by atoms with Crippen LogP contribution in [-0.4, -0.2) is 29.9 Å². The van der Waals surface area contributed by atoms with Crippen molar-refractivity contribution >= 4 is 35.0 Å². The fraction of sp³-hybridized carbons (Fsp3) is 0.0714. The van der Waals surface area contributed by atoms with Crippen molar-refractivity contribution in [2.75, 3.05) is 7.11 Å². The number of carboxylic acids is 1. The summed E-state index contributed by atoms with van der Waals surface area (Å²) in [6, 6.07) is 2.90. The molecule has 2 aromatic rings. The van der Waals surface area contributed by atoms with E-state index in [0.29, 0.717) is 22.8 Å². The number of ether oxygens (including phenoxy) is 1. The Labute approximate surface area is 125 Å². The highest BCUT2D eigenvalue weighted by Gasteiger charge is 2.18. The minimum Gasteiger partial charge on any atom is -0.496 e. The summed E-state index contributed by atoms with van der Waals surface area (Å²) in [5.41, 5.74) is 0.761. The average molecular weight is 307 g/mol. The zero-order chi connectivity index (χ0) is 15.6. The number of nitrogens with zero attached hydrogens (tertiary/aromatic N) is 2. The molecule has 0 amide bonds. The summed E-state index contributed by atoms with van der Waals surface area (Å²) in [5.74, 6) is -0.192. The molecule has 7 heteroatoms. The first-order chi connectivity index (χ1) is 9.97. The number of aliphatic imine (C=N–C) groups is 1. The van der Waals surface area contributed by atoms with Crippen LogP contribution >= 0.6 is 11.6 Å². The summed E-state index contributed by atoms with van der Waals surface area (Å²) in [4.78, 5) is 18.5. The van der Waals surface area contributed by atoms with Crippen molar-refractivity contribution in [1.29, 1.82) is 0 Å². The SMILES string of the molecule is C=Nc1cc(-c2cnc(C(=O)O)cc2OC)oc1C(=C)Cl. The predicted molar refractivity (Wildman–Crippen MR) is 79.5 cm³/mol. The van der Waals surface area contributed by atoms with Crippen molar-refractivity contribution in [3.8, 4) is 17.1 Å². The molecular formula is C14H11ClN2O4. The van der Waals surface area contributed by atoms with Gasteiger partial charge in [-0.15, -0.1) is 0 Å². The Bertz CT molecular complexity index is 737. The van der Waals surface area contributed by atoms with Crippen molar-refractivity contribution in [3.05, 3.63) is 36.4 Å². The van der Waals surface area contributed by atoms with Gasteiger partial charge in [0, 0.05) is 18.3 Å². The molecule has 0 unspecified atom stereocenters. The lowest BCUT2D eigenvalue weighted by Gasteiger charge is -2.06. The van der Waals surface area contributed by atoms with E-state index in [1.165, 1.54) is 19.4 Å². The van der Waals surface area contributed by atoms with Gasteiger partial charge in [-0.2, -0.15) is 0 Å². The van der Waals surface area contributed by atoms with Gasteiger partial charge in [0.1, 0.15) is 17.2 Å². The van der Waals surface area contributed by atoms with Gasteiger partial charge in [0.25, 0.3) is 0 Å². The van der Waals surface area contributed by atoms with Crippen molar-refractivity contribution in [3.63, 3.8) is 0 Å². The van der Waals surface area contributed by atoms with Gasteiger partial charge in [-0.25, -0.2) is 9.78 Å². The number of halogens is 1. The van der Waals surface area contributed by atoms with Crippen LogP contribution in [0.15, 0.2) is 34.3 Å². The second kappa shape index (κ2) is 5.80. The Morgan fingerprint density at radius 3 is 2.71 bits per heavy atom. The van der Waals surface area contributed by atoms with Crippen molar-refractivity contribution < 1.29 is 19.1 Å². The number of furan rings is 1. The third-order valence-corrected chi connectivity index (χ3v) is 2.87. The zero-order valence-corrected chi connectivity index (χ0v) is 11.8. The number of pyridine rings is 1. The van der Waals surface area contributed by atoms with Crippen molar-refractivity contribution in [2.24, 2.45) is 4.99 Å². The van der Waals surface area contributed by atoms with E-state index in [4.69, 9.17) is 25.9 Å². The first kappa shape index (κ1) is 14.8. The lowest BCUT2D eigenvalue weighted by molar-refractivity contribution is 0.0690. The van der Waals surface area contributed by atoms with E-state index in [-0.39, 0.29) is 16.5 Å². The van der Waals surface area contributed by atoms with Gasteiger partial charge < -0.3 is 14.3 Å². The third-order valence-electron chi connectivity index (χ3n) is 2.70. The quantitative estimate of drug-likeness (QED) is 0.853. The summed E-state index contributed by atoms with van der Waals surface area (Å²) >= 11 is 5.83. The molecule has 2 rings (SSSR count). The molecule has 0 aromatic carbocycles. The van der Waals surface area contributed by atoms with Gasteiger partial charge in [0.15, 0.2) is 11.5 Å². The molecule has 1 N–H and O–H groups in total. The molecule has 0 saturated heterocycles. The van der Waals surface area contributed by atoms with E-state index in [2.05, 4.69) is 23.3 Å². The largest absolute Gasteiger partial charge is 0.496 e. The molecule has 0 atom stereocenters. The zero-order valence-electron chi connectivity index (χ0n) is 11.1. The number of rotatable bonds is 5. The Hall–Kier alpha value is -2.60. The normalized spacial score (nSPS) is 10.2. The Kier molecular flexibility index (Phi) is 4.09. The fourth-order valence-electron chi connectivity index (χ4n) is 1.73. The molecular weight excluding hydrogens is 296 g/mol. The molecule has 0 radical (unpaired) electrons. The molecule has 108 valence electrons. The summed E-state index contributed by atoms with van der Waals surface area (Å²) < 4.78 is 10.7. The molecule has 0 aliphatic carbocycles. The molecule has 6 nitrogen and oxygen atoms in total. The minimum absolute atomic E-state index is 0.133. The number of aromatic carboxylic acids is 1. The monoisotopic (exact) mass is 306 g/mol. The molecule has 2 aromatic heterocycles. The lowest BCUT2D eigenvalue weighted by atomic mass is 10.2. The molecule has 0 aliphatic rings. The number of aromatic nitrogens is 1. The first-order valence-electron chi connectivity index (χ1n) is 5.71. The molecule has 21 heavy (non-hydrogen) atoms. The fourth-order valence-corrected chi connectivity index (χ4v) is 1.87. The van der Waals surface area contributed by atoms with E-state index in [9.17, 15) is 4.79 Å². The number of methoxy groups -OCH3 is 1. The Morgan fingerprint density at radius 1 is 1.52 bits per heavy atom. The second-order valence-corrected chi connectivity index (χ2v) is 4.42. The van der Waals surface area contributed by atoms with Crippen molar-refractivity contribution in [1.82, 2.24) is 4.98 Å². The van der Waals surface area contributed by atoms with Crippen LogP contribution in [0.3, 0.4) is 0 Å². The Balaban J connectivity index is 2.58. The van der Waals surface area contributed by atoms with E-state index >= 15 is 0 Å². The van der Waals surface area contributed by atoms with Crippen LogP contribution in [0.5, 0.6) is 5.75 Å². The predicted octanol–water partition coefficient (Wildman–Crippen LogP) is 3.59. The van der Waals surface area contributed by atoms with Gasteiger partial charge in [0.2, 0.25) is 0 Å². The summed E-state index contributed by atoms with van der Waals surface area (Å²) in [7, 11) is 1.42. The highest BCUT2D eigenvalue weighted by Crippen LogP contribution is 2.38. The van der Waals surface area contributed by atoms with Crippen LogP contribution in [0.4, 0.5) is 5.69 Å². The molecule has 0 bridgehead atoms. The minimum atomic E-state index is -1.15. The van der Waals surface area contributed by atoms with Gasteiger partial charge in [0.05, 0.1) is 17.7 Å². The van der Waals surface area contributed by atoms with Gasteiger partial charge in [-0.3, -0.25) is 4.99 Å². The van der Waals surface area contributed by atoms with Gasteiger partial charge in [-0.05, 0) is 6.72 Å². The maximum absolute atomic E-state index is 10.9. The molecule has 0 saturated carbocycles. The molecule has 0 aliphatic heterocycles. The van der Waals surface area contributed by atoms with Crippen LogP contribution < -0.4 is 4.74 Å². The van der Waals surface area contributed by atoms with Crippen LogP contribution in [0, 0.1) is 0 Å². The highest BCUT2D eigenvalue weighted by atomic mass is 35.5. The first-order valence-corrected chi connectivity index (χ1v) is 6.08. The Morgan fingerprint density at radius 2 is 2.24 bits per heavy atom. The summed E-state index contributed by atoms with van der Waals surface area (Å²) in [5, 5.41) is 9.11. The topological polar surface area (TPSA) is 84.9 Å². The van der Waals surface area contributed by atoms with Gasteiger partial charge in [-0.1, -0.05) is 18.2 Å².